The molecule has 0 unspecified atom stereocenters. The molecule has 0 atom stereocenters. The SMILES string of the molecule is O=C(Cn1cnc2ccc([N+](=O)[O-])cc2c1=O)c1cccs1. The molecule has 2 heterocycles. The Hall–Kier alpha value is -2.87. The second kappa shape index (κ2) is 5.49. The summed E-state index contributed by atoms with van der Waals surface area (Å²) in [7, 11) is 0. The number of Topliss-reactive ketones (excluding diaryl/α,β-unsaturated/α-hetero) is 1. The Morgan fingerprint density at radius 2 is 2.18 bits per heavy atom. The number of nitro benzene ring substituents is 1. The van der Waals surface area contributed by atoms with Crippen molar-refractivity contribution in [3.05, 3.63) is 67.4 Å². The summed E-state index contributed by atoms with van der Waals surface area (Å²) in [5.74, 6) is -0.205. The maximum atomic E-state index is 12.4. The molecule has 0 saturated heterocycles. The Morgan fingerprint density at radius 3 is 2.86 bits per heavy atom. The van der Waals surface area contributed by atoms with Crippen LogP contribution in [0.3, 0.4) is 0 Å². The van der Waals surface area contributed by atoms with Gasteiger partial charge < -0.3 is 0 Å². The zero-order valence-electron chi connectivity index (χ0n) is 11.1. The molecule has 0 fully saturated rings. The van der Waals surface area contributed by atoms with E-state index in [0.29, 0.717) is 10.4 Å². The van der Waals surface area contributed by atoms with Crippen molar-refractivity contribution in [2.75, 3.05) is 0 Å². The molecule has 8 heteroatoms. The molecule has 0 saturated carbocycles. The molecular formula is C14H9N3O4S. The van der Waals surface area contributed by atoms with Gasteiger partial charge in [-0.3, -0.25) is 24.3 Å². The molecule has 0 aliphatic rings. The summed E-state index contributed by atoms with van der Waals surface area (Å²) in [4.78, 5) is 39.3. The van der Waals surface area contributed by atoms with Crippen LogP contribution >= 0.6 is 11.3 Å². The van der Waals surface area contributed by atoms with E-state index < -0.39 is 10.5 Å². The number of carbonyl (C=O) groups is 1. The van der Waals surface area contributed by atoms with Crippen LogP contribution in [-0.2, 0) is 6.54 Å². The fourth-order valence-electron chi connectivity index (χ4n) is 2.04. The van der Waals surface area contributed by atoms with E-state index in [4.69, 9.17) is 0 Å². The van der Waals surface area contributed by atoms with Crippen LogP contribution in [0, 0.1) is 10.1 Å². The third-order valence-corrected chi connectivity index (χ3v) is 4.04. The van der Waals surface area contributed by atoms with Crippen LogP contribution in [0.15, 0.2) is 46.8 Å². The standard InChI is InChI=1S/C14H9N3O4S/c18-12(13-2-1-5-22-13)7-16-8-15-11-4-3-9(17(20)21)6-10(11)14(16)19/h1-6,8H,7H2. The normalized spacial score (nSPS) is 10.7. The predicted octanol–water partition coefficient (Wildman–Crippen LogP) is 2.25. The van der Waals surface area contributed by atoms with Gasteiger partial charge in [-0.2, -0.15) is 0 Å². The average Bonchev–Trinajstić information content (AvgIpc) is 3.04. The van der Waals surface area contributed by atoms with Gasteiger partial charge in [-0.15, -0.1) is 11.3 Å². The van der Waals surface area contributed by atoms with Crippen molar-refractivity contribution in [3.8, 4) is 0 Å². The largest absolute Gasteiger partial charge is 0.291 e. The van der Waals surface area contributed by atoms with Gasteiger partial charge in [0.1, 0.15) is 0 Å². The summed E-state index contributed by atoms with van der Waals surface area (Å²) in [5, 5.41) is 12.7. The summed E-state index contributed by atoms with van der Waals surface area (Å²) < 4.78 is 1.16. The average molecular weight is 315 g/mol. The van der Waals surface area contributed by atoms with E-state index in [2.05, 4.69) is 4.98 Å². The van der Waals surface area contributed by atoms with E-state index in [0.717, 1.165) is 4.57 Å². The van der Waals surface area contributed by atoms with Crippen molar-refractivity contribution >= 4 is 33.7 Å². The van der Waals surface area contributed by atoms with Gasteiger partial charge in [0.05, 0.1) is 33.6 Å². The Balaban J connectivity index is 2.04. The smallest absolute Gasteiger partial charge is 0.270 e. The van der Waals surface area contributed by atoms with Gasteiger partial charge in [0.2, 0.25) is 0 Å². The first-order chi connectivity index (χ1) is 10.6. The quantitative estimate of drug-likeness (QED) is 0.418. The summed E-state index contributed by atoms with van der Waals surface area (Å²) in [6.45, 7) is -0.148. The lowest BCUT2D eigenvalue weighted by atomic mass is 10.2. The van der Waals surface area contributed by atoms with E-state index in [1.807, 2.05) is 0 Å². The molecule has 0 spiro atoms. The number of benzene rings is 1. The fraction of sp³-hybridized carbons (Fsp3) is 0.0714. The first-order valence-corrected chi connectivity index (χ1v) is 7.14. The van der Waals surface area contributed by atoms with Crippen LogP contribution in [-0.4, -0.2) is 20.3 Å². The predicted molar refractivity (Wildman–Crippen MR) is 81.3 cm³/mol. The minimum absolute atomic E-state index is 0.121. The molecule has 3 rings (SSSR count). The van der Waals surface area contributed by atoms with Gasteiger partial charge in [-0.1, -0.05) is 6.07 Å². The van der Waals surface area contributed by atoms with Gasteiger partial charge in [0.25, 0.3) is 11.2 Å². The lowest BCUT2D eigenvalue weighted by Gasteiger charge is -2.05. The number of ketones is 1. The summed E-state index contributed by atoms with van der Waals surface area (Å²) in [6, 6.07) is 7.31. The molecule has 0 N–H and O–H groups in total. The van der Waals surface area contributed by atoms with Crippen molar-refractivity contribution in [1.82, 2.24) is 9.55 Å². The topological polar surface area (TPSA) is 95.1 Å². The molecule has 7 nitrogen and oxygen atoms in total. The number of rotatable bonds is 4. The highest BCUT2D eigenvalue weighted by atomic mass is 32.1. The second-order valence-electron chi connectivity index (χ2n) is 4.54. The first kappa shape index (κ1) is 14.1. The number of fused-ring (bicyclic) bond motifs is 1. The third-order valence-electron chi connectivity index (χ3n) is 3.13. The van der Waals surface area contributed by atoms with Crippen LogP contribution < -0.4 is 5.56 Å². The zero-order chi connectivity index (χ0) is 15.7. The lowest BCUT2D eigenvalue weighted by molar-refractivity contribution is -0.384. The Labute approximate surface area is 127 Å². The van der Waals surface area contributed by atoms with Gasteiger partial charge in [-0.05, 0) is 17.5 Å². The number of nitro groups is 1. The number of aromatic nitrogens is 2. The van der Waals surface area contributed by atoms with E-state index in [-0.39, 0.29) is 23.4 Å². The third kappa shape index (κ3) is 2.51. The summed E-state index contributed by atoms with van der Waals surface area (Å²) >= 11 is 1.29. The van der Waals surface area contributed by atoms with Crippen LogP contribution in [0.5, 0.6) is 0 Å². The molecule has 0 amide bonds. The Kier molecular flexibility index (Phi) is 3.51. The Bertz CT molecular complexity index is 931. The van der Waals surface area contributed by atoms with Crippen molar-refractivity contribution in [3.63, 3.8) is 0 Å². The van der Waals surface area contributed by atoms with Crippen molar-refractivity contribution in [1.29, 1.82) is 0 Å². The number of thiophene rings is 1. The van der Waals surface area contributed by atoms with Crippen molar-refractivity contribution in [2.45, 2.75) is 6.54 Å². The molecule has 0 bridgehead atoms. The molecule has 0 aliphatic carbocycles. The van der Waals surface area contributed by atoms with Crippen molar-refractivity contribution < 1.29 is 9.72 Å². The molecule has 0 radical (unpaired) electrons. The van der Waals surface area contributed by atoms with E-state index in [1.165, 1.54) is 35.9 Å². The summed E-state index contributed by atoms with van der Waals surface area (Å²) in [5.41, 5.74) is -0.303. The first-order valence-electron chi connectivity index (χ1n) is 6.26. The van der Waals surface area contributed by atoms with Gasteiger partial charge in [-0.25, -0.2) is 4.98 Å². The molecule has 0 aliphatic heterocycles. The molecule has 2 aromatic heterocycles. The number of nitrogens with zero attached hydrogens (tertiary/aromatic N) is 3. The second-order valence-corrected chi connectivity index (χ2v) is 5.48. The van der Waals surface area contributed by atoms with Crippen LogP contribution in [0.25, 0.3) is 10.9 Å². The highest BCUT2D eigenvalue weighted by molar-refractivity contribution is 7.12. The molecular weight excluding hydrogens is 306 g/mol. The van der Waals surface area contributed by atoms with Gasteiger partial charge in [0.15, 0.2) is 5.78 Å². The zero-order valence-corrected chi connectivity index (χ0v) is 11.9. The van der Waals surface area contributed by atoms with E-state index in [1.54, 1.807) is 17.5 Å². The Morgan fingerprint density at radius 1 is 1.36 bits per heavy atom. The number of carbonyl (C=O) groups excluding carboxylic acids is 1. The minimum atomic E-state index is -0.576. The minimum Gasteiger partial charge on any atom is -0.291 e. The molecule has 3 aromatic rings. The van der Waals surface area contributed by atoms with Crippen molar-refractivity contribution in [2.24, 2.45) is 0 Å². The number of non-ortho nitro benzene ring substituents is 1. The number of hydrogen-bond acceptors (Lipinski definition) is 6. The van der Waals surface area contributed by atoms with Crippen LogP contribution in [0.4, 0.5) is 5.69 Å². The highest BCUT2D eigenvalue weighted by Crippen LogP contribution is 2.16. The van der Waals surface area contributed by atoms with Crippen LogP contribution in [0.1, 0.15) is 9.67 Å². The molecule has 1 aromatic carbocycles. The van der Waals surface area contributed by atoms with E-state index >= 15 is 0 Å². The van der Waals surface area contributed by atoms with Gasteiger partial charge >= 0.3 is 0 Å². The monoisotopic (exact) mass is 315 g/mol. The van der Waals surface area contributed by atoms with Gasteiger partial charge in [0, 0.05) is 12.1 Å². The van der Waals surface area contributed by atoms with Crippen LogP contribution in [0.2, 0.25) is 0 Å². The highest BCUT2D eigenvalue weighted by Gasteiger charge is 2.13. The maximum Gasteiger partial charge on any atom is 0.270 e. The molecule has 110 valence electrons. The number of hydrogen-bond donors (Lipinski definition) is 0. The molecule has 22 heavy (non-hydrogen) atoms. The summed E-state index contributed by atoms with van der Waals surface area (Å²) in [6.07, 6.45) is 1.28. The fourth-order valence-corrected chi connectivity index (χ4v) is 2.70. The lowest BCUT2D eigenvalue weighted by Crippen LogP contribution is -2.24. The maximum absolute atomic E-state index is 12.4. The van der Waals surface area contributed by atoms with E-state index in [9.17, 15) is 19.7 Å².